The van der Waals surface area contributed by atoms with Crippen molar-refractivity contribution in [2.45, 2.75) is 20.0 Å². The second-order valence-corrected chi connectivity index (χ2v) is 5.95. The summed E-state index contributed by atoms with van der Waals surface area (Å²) in [6.45, 7) is 3.90. The van der Waals surface area contributed by atoms with E-state index in [0.717, 1.165) is 5.56 Å². The van der Waals surface area contributed by atoms with Crippen LogP contribution in [0, 0.1) is 0 Å². The minimum atomic E-state index is -0.980. The molecular weight excluding hydrogens is 374 g/mol. The minimum absolute atomic E-state index is 0.459. The number of carbonyl (C=O) groups is 2. The minimum Gasteiger partial charge on any atom is -0.495 e. The van der Waals surface area contributed by atoms with Gasteiger partial charge in [-0.25, -0.2) is 4.79 Å². The summed E-state index contributed by atoms with van der Waals surface area (Å²) in [5.74, 6) is 0.603. The Morgan fingerprint density at radius 3 is 2.45 bits per heavy atom. The lowest BCUT2D eigenvalue weighted by Gasteiger charge is -2.14. The molecule has 1 amide bonds. The molecule has 0 saturated heterocycles. The maximum absolute atomic E-state index is 12.3. The fourth-order valence-electron chi connectivity index (χ4n) is 2.48. The Morgan fingerprint density at radius 2 is 1.76 bits per heavy atom. The zero-order chi connectivity index (χ0) is 21.2. The van der Waals surface area contributed by atoms with Crippen molar-refractivity contribution >= 4 is 23.6 Å². The van der Waals surface area contributed by atoms with E-state index in [2.05, 4.69) is 5.32 Å². The third kappa shape index (κ3) is 6.27. The Kier molecular flexibility index (Phi) is 8.09. The highest BCUT2D eigenvalue weighted by Crippen LogP contribution is 2.28. The molecule has 7 heteroatoms. The highest BCUT2D eigenvalue weighted by Gasteiger charge is 2.18. The van der Waals surface area contributed by atoms with Crippen LogP contribution in [0.1, 0.15) is 19.4 Å². The van der Waals surface area contributed by atoms with Gasteiger partial charge in [0.25, 0.3) is 5.91 Å². The molecule has 0 heterocycles. The van der Waals surface area contributed by atoms with Gasteiger partial charge in [-0.3, -0.25) is 4.79 Å². The van der Waals surface area contributed by atoms with Crippen LogP contribution in [-0.4, -0.2) is 38.8 Å². The van der Waals surface area contributed by atoms with E-state index < -0.39 is 18.0 Å². The van der Waals surface area contributed by atoms with E-state index in [4.69, 9.17) is 18.9 Å². The summed E-state index contributed by atoms with van der Waals surface area (Å²) in [4.78, 5) is 24.3. The average Bonchev–Trinajstić information content (AvgIpc) is 2.73. The molecule has 0 aliphatic heterocycles. The molecule has 1 atom stereocenters. The van der Waals surface area contributed by atoms with Gasteiger partial charge in [0.15, 0.2) is 17.6 Å². The summed E-state index contributed by atoms with van der Waals surface area (Å²) in [7, 11) is 3.05. The van der Waals surface area contributed by atoms with E-state index >= 15 is 0 Å². The summed E-state index contributed by atoms with van der Waals surface area (Å²) >= 11 is 0. The molecule has 2 rings (SSSR count). The SMILES string of the molecule is CCOc1ccc(/C=C/C(=O)O[C@@H](C)C(=O)Nc2ccccc2OC)cc1OC. The number of methoxy groups -OCH3 is 2. The van der Waals surface area contributed by atoms with Crippen LogP contribution in [0.25, 0.3) is 6.08 Å². The van der Waals surface area contributed by atoms with E-state index in [-0.39, 0.29) is 0 Å². The van der Waals surface area contributed by atoms with Gasteiger partial charge in [-0.15, -0.1) is 0 Å². The first kappa shape index (κ1) is 21.8. The van der Waals surface area contributed by atoms with Crippen LogP contribution < -0.4 is 19.5 Å². The lowest BCUT2D eigenvalue weighted by atomic mass is 10.2. The molecule has 0 bridgehead atoms. The van der Waals surface area contributed by atoms with Crippen LogP contribution in [0.2, 0.25) is 0 Å². The fraction of sp³-hybridized carbons (Fsp3) is 0.273. The van der Waals surface area contributed by atoms with Crippen LogP contribution in [-0.2, 0) is 14.3 Å². The van der Waals surface area contributed by atoms with Crippen molar-refractivity contribution in [2.75, 3.05) is 26.1 Å². The fourth-order valence-corrected chi connectivity index (χ4v) is 2.48. The number of nitrogens with one attached hydrogen (secondary N) is 1. The molecular formula is C22H25NO6. The number of esters is 1. The first-order valence-electron chi connectivity index (χ1n) is 9.11. The number of ether oxygens (including phenoxy) is 4. The molecule has 29 heavy (non-hydrogen) atoms. The Labute approximate surface area is 170 Å². The first-order chi connectivity index (χ1) is 14.0. The molecule has 2 aromatic rings. The Morgan fingerprint density at radius 1 is 1.03 bits per heavy atom. The second kappa shape index (κ2) is 10.8. The molecule has 2 aromatic carbocycles. The molecule has 0 radical (unpaired) electrons. The molecule has 0 aliphatic carbocycles. The molecule has 0 fully saturated rings. The smallest absolute Gasteiger partial charge is 0.331 e. The monoisotopic (exact) mass is 399 g/mol. The molecule has 7 nitrogen and oxygen atoms in total. The predicted octanol–water partition coefficient (Wildman–Crippen LogP) is 3.69. The van der Waals surface area contributed by atoms with Crippen LogP contribution >= 0.6 is 0 Å². The van der Waals surface area contributed by atoms with Gasteiger partial charge in [-0.05, 0) is 49.8 Å². The Bertz CT molecular complexity index is 877. The van der Waals surface area contributed by atoms with Gasteiger partial charge in [-0.1, -0.05) is 18.2 Å². The van der Waals surface area contributed by atoms with Gasteiger partial charge in [0.1, 0.15) is 5.75 Å². The summed E-state index contributed by atoms with van der Waals surface area (Å²) < 4.78 is 21.1. The van der Waals surface area contributed by atoms with Crippen molar-refractivity contribution in [2.24, 2.45) is 0 Å². The van der Waals surface area contributed by atoms with Gasteiger partial charge >= 0.3 is 5.97 Å². The highest BCUT2D eigenvalue weighted by molar-refractivity contribution is 5.97. The molecule has 0 aliphatic rings. The van der Waals surface area contributed by atoms with Crippen molar-refractivity contribution in [3.8, 4) is 17.2 Å². The van der Waals surface area contributed by atoms with Crippen LogP contribution in [0.5, 0.6) is 17.2 Å². The summed E-state index contributed by atoms with van der Waals surface area (Å²) in [5.41, 5.74) is 1.23. The standard InChI is InChI=1S/C22H25NO6/c1-5-28-19-12-10-16(14-20(19)27-4)11-13-21(24)29-15(2)22(25)23-17-8-6-7-9-18(17)26-3/h6-15H,5H2,1-4H3,(H,23,25)/b13-11+/t15-/m0/s1. The molecule has 1 N–H and O–H groups in total. The van der Waals surface area contributed by atoms with Crippen molar-refractivity contribution < 1.29 is 28.5 Å². The molecule has 0 unspecified atom stereocenters. The number of rotatable bonds is 9. The van der Waals surface area contributed by atoms with E-state index in [1.807, 2.05) is 6.92 Å². The van der Waals surface area contributed by atoms with Gasteiger partial charge in [0.2, 0.25) is 0 Å². The van der Waals surface area contributed by atoms with Crippen LogP contribution in [0.15, 0.2) is 48.5 Å². The topological polar surface area (TPSA) is 83.1 Å². The predicted molar refractivity (Wildman–Crippen MR) is 110 cm³/mol. The number of benzene rings is 2. The van der Waals surface area contributed by atoms with Crippen LogP contribution in [0.3, 0.4) is 0 Å². The van der Waals surface area contributed by atoms with E-state index in [9.17, 15) is 9.59 Å². The number of carbonyl (C=O) groups excluding carboxylic acids is 2. The quantitative estimate of drug-likeness (QED) is 0.512. The molecule has 0 saturated carbocycles. The number of anilines is 1. The molecule has 0 aromatic heterocycles. The average molecular weight is 399 g/mol. The lowest BCUT2D eigenvalue weighted by molar-refractivity contribution is -0.148. The molecule has 0 spiro atoms. The van der Waals surface area contributed by atoms with Crippen molar-refractivity contribution in [3.05, 3.63) is 54.1 Å². The third-order valence-corrected chi connectivity index (χ3v) is 3.93. The highest BCUT2D eigenvalue weighted by atomic mass is 16.5. The Balaban J connectivity index is 1.96. The second-order valence-electron chi connectivity index (χ2n) is 5.95. The van der Waals surface area contributed by atoms with Gasteiger partial charge in [0, 0.05) is 6.08 Å². The summed E-state index contributed by atoms with van der Waals surface area (Å²) in [6, 6.07) is 12.3. The number of para-hydroxylation sites is 2. The van der Waals surface area contributed by atoms with E-state index in [0.29, 0.717) is 29.5 Å². The van der Waals surface area contributed by atoms with E-state index in [1.54, 1.807) is 55.7 Å². The number of hydrogen-bond acceptors (Lipinski definition) is 6. The van der Waals surface area contributed by atoms with Crippen molar-refractivity contribution in [1.82, 2.24) is 0 Å². The lowest BCUT2D eigenvalue weighted by Crippen LogP contribution is -2.29. The van der Waals surface area contributed by atoms with Crippen molar-refractivity contribution in [3.63, 3.8) is 0 Å². The normalized spacial score (nSPS) is 11.6. The summed E-state index contributed by atoms with van der Waals surface area (Å²) in [6.07, 6.45) is 1.85. The number of amides is 1. The first-order valence-corrected chi connectivity index (χ1v) is 9.11. The van der Waals surface area contributed by atoms with Crippen molar-refractivity contribution in [1.29, 1.82) is 0 Å². The molecule has 154 valence electrons. The third-order valence-electron chi connectivity index (χ3n) is 3.93. The number of hydrogen-bond donors (Lipinski definition) is 1. The van der Waals surface area contributed by atoms with E-state index in [1.165, 1.54) is 20.1 Å². The Hall–Kier alpha value is -3.48. The largest absolute Gasteiger partial charge is 0.495 e. The summed E-state index contributed by atoms with van der Waals surface area (Å²) in [5, 5.41) is 2.68. The van der Waals surface area contributed by atoms with Crippen LogP contribution in [0.4, 0.5) is 5.69 Å². The van der Waals surface area contributed by atoms with Gasteiger partial charge in [-0.2, -0.15) is 0 Å². The maximum Gasteiger partial charge on any atom is 0.331 e. The maximum atomic E-state index is 12.3. The van der Waals surface area contributed by atoms with Gasteiger partial charge < -0.3 is 24.3 Å². The zero-order valence-electron chi connectivity index (χ0n) is 16.9. The zero-order valence-corrected chi connectivity index (χ0v) is 16.9. The van der Waals surface area contributed by atoms with Gasteiger partial charge in [0.05, 0.1) is 26.5 Å².